The lowest BCUT2D eigenvalue weighted by atomic mass is 10.2. The predicted octanol–water partition coefficient (Wildman–Crippen LogP) is 3.48. The fourth-order valence-electron chi connectivity index (χ4n) is 1.96. The Bertz CT molecular complexity index is 672. The molecule has 0 unspecified atom stereocenters. The molecule has 0 radical (unpaired) electrons. The molecule has 1 aromatic heterocycles. The highest BCUT2D eigenvalue weighted by Gasteiger charge is 2.03. The Morgan fingerprint density at radius 1 is 1.39 bits per heavy atom. The largest absolute Gasteiger partial charge is 0.496 e. The molecule has 0 fully saturated rings. The van der Waals surface area contributed by atoms with E-state index >= 15 is 0 Å². The zero-order valence-corrected chi connectivity index (χ0v) is 15.9. The summed E-state index contributed by atoms with van der Waals surface area (Å²) >= 11 is 5.19. The first-order valence-corrected chi connectivity index (χ1v) is 8.99. The molecule has 0 aliphatic carbocycles. The van der Waals surface area contributed by atoms with Crippen LogP contribution in [0.1, 0.15) is 22.4 Å². The van der Waals surface area contributed by atoms with E-state index in [0.29, 0.717) is 13.1 Å². The van der Waals surface area contributed by atoms with E-state index in [1.54, 1.807) is 18.4 Å². The maximum Gasteiger partial charge on any atom is 0.191 e. The van der Waals surface area contributed by atoms with Gasteiger partial charge in [0.15, 0.2) is 5.96 Å². The standard InChI is InChI=1S/C16H21BrN4OS/c1-4-18-16(21-10-15-19-8-11(2)23-15)20-9-12-5-6-14(22-3)13(17)7-12/h5-8H,4,9-10H2,1-3H3,(H2,18,20,21). The average Bonchev–Trinajstić information content (AvgIpc) is 2.95. The number of nitrogens with zero attached hydrogens (tertiary/aromatic N) is 2. The zero-order valence-electron chi connectivity index (χ0n) is 13.5. The molecule has 0 atom stereocenters. The third-order valence-corrected chi connectivity index (χ3v) is 4.59. The number of hydrogen-bond acceptors (Lipinski definition) is 4. The first kappa shape index (κ1) is 17.7. The van der Waals surface area contributed by atoms with Gasteiger partial charge in [-0.25, -0.2) is 9.98 Å². The van der Waals surface area contributed by atoms with E-state index in [1.807, 2.05) is 24.4 Å². The van der Waals surface area contributed by atoms with Gasteiger partial charge in [0, 0.05) is 17.6 Å². The molecule has 0 bridgehead atoms. The van der Waals surface area contributed by atoms with Crippen molar-refractivity contribution in [2.24, 2.45) is 4.99 Å². The van der Waals surface area contributed by atoms with Crippen molar-refractivity contribution in [3.8, 4) is 5.75 Å². The smallest absolute Gasteiger partial charge is 0.191 e. The van der Waals surface area contributed by atoms with E-state index in [1.165, 1.54) is 4.88 Å². The maximum atomic E-state index is 5.24. The lowest BCUT2D eigenvalue weighted by Gasteiger charge is -2.10. The van der Waals surface area contributed by atoms with Crippen molar-refractivity contribution in [3.05, 3.63) is 44.3 Å². The van der Waals surface area contributed by atoms with Crippen molar-refractivity contribution in [2.45, 2.75) is 26.9 Å². The lowest BCUT2D eigenvalue weighted by molar-refractivity contribution is 0.412. The van der Waals surface area contributed by atoms with Crippen LogP contribution < -0.4 is 15.4 Å². The molecule has 23 heavy (non-hydrogen) atoms. The van der Waals surface area contributed by atoms with Crippen LogP contribution in [0, 0.1) is 6.92 Å². The van der Waals surface area contributed by atoms with Gasteiger partial charge in [0.25, 0.3) is 0 Å². The SMILES string of the molecule is CCNC(=NCc1ccc(OC)c(Br)c1)NCc1ncc(C)s1. The van der Waals surface area contributed by atoms with Gasteiger partial charge >= 0.3 is 0 Å². The molecule has 0 aliphatic heterocycles. The van der Waals surface area contributed by atoms with Crippen LogP contribution in [0.2, 0.25) is 0 Å². The summed E-state index contributed by atoms with van der Waals surface area (Å²) < 4.78 is 6.17. The van der Waals surface area contributed by atoms with Crippen molar-refractivity contribution in [1.29, 1.82) is 0 Å². The van der Waals surface area contributed by atoms with Crippen molar-refractivity contribution in [1.82, 2.24) is 15.6 Å². The molecule has 5 nitrogen and oxygen atoms in total. The zero-order chi connectivity index (χ0) is 16.7. The van der Waals surface area contributed by atoms with Crippen LogP contribution in [0.25, 0.3) is 0 Å². The topological polar surface area (TPSA) is 58.5 Å². The Balaban J connectivity index is 1.98. The van der Waals surface area contributed by atoms with Crippen LogP contribution >= 0.6 is 27.3 Å². The Labute approximate surface area is 149 Å². The maximum absolute atomic E-state index is 5.24. The summed E-state index contributed by atoms with van der Waals surface area (Å²) in [6, 6.07) is 5.98. The van der Waals surface area contributed by atoms with Crippen molar-refractivity contribution < 1.29 is 4.74 Å². The number of guanidine groups is 1. The van der Waals surface area contributed by atoms with E-state index < -0.39 is 0 Å². The summed E-state index contributed by atoms with van der Waals surface area (Å²) in [5, 5.41) is 7.61. The second kappa shape index (κ2) is 8.88. The van der Waals surface area contributed by atoms with Crippen LogP contribution in [-0.2, 0) is 13.1 Å². The van der Waals surface area contributed by atoms with Gasteiger partial charge in [0.05, 0.1) is 24.7 Å². The van der Waals surface area contributed by atoms with Gasteiger partial charge in [-0.3, -0.25) is 0 Å². The number of aromatic nitrogens is 1. The molecule has 2 rings (SSSR count). The number of ether oxygens (including phenoxy) is 1. The van der Waals surface area contributed by atoms with E-state index in [4.69, 9.17) is 4.74 Å². The van der Waals surface area contributed by atoms with Gasteiger partial charge < -0.3 is 15.4 Å². The molecule has 2 N–H and O–H groups in total. The minimum atomic E-state index is 0.592. The minimum Gasteiger partial charge on any atom is -0.496 e. The highest BCUT2D eigenvalue weighted by molar-refractivity contribution is 9.10. The Hall–Kier alpha value is -1.60. The fourth-order valence-corrected chi connectivity index (χ4v) is 3.28. The van der Waals surface area contributed by atoms with Crippen LogP contribution in [0.3, 0.4) is 0 Å². The number of methoxy groups -OCH3 is 1. The van der Waals surface area contributed by atoms with Crippen LogP contribution in [0.4, 0.5) is 0 Å². The molecule has 0 amide bonds. The number of nitrogens with one attached hydrogen (secondary N) is 2. The number of aliphatic imine (C=N–C) groups is 1. The average molecular weight is 397 g/mol. The number of rotatable bonds is 6. The van der Waals surface area contributed by atoms with Crippen molar-refractivity contribution in [3.63, 3.8) is 0 Å². The van der Waals surface area contributed by atoms with Gasteiger partial charge in [0.1, 0.15) is 10.8 Å². The van der Waals surface area contributed by atoms with Crippen LogP contribution in [0.15, 0.2) is 33.9 Å². The number of halogens is 1. The summed E-state index contributed by atoms with van der Waals surface area (Å²) in [6.07, 6.45) is 1.89. The number of benzene rings is 1. The highest BCUT2D eigenvalue weighted by atomic mass is 79.9. The van der Waals surface area contributed by atoms with Gasteiger partial charge in [-0.1, -0.05) is 6.07 Å². The van der Waals surface area contributed by atoms with Gasteiger partial charge in [-0.2, -0.15) is 0 Å². The molecule has 0 saturated heterocycles. The molecule has 124 valence electrons. The Morgan fingerprint density at radius 3 is 2.83 bits per heavy atom. The highest BCUT2D eigenvalue weighted by Crippen LogP contribution is 2.25. The summed E-state index contributed by atoms with van der Waals surface area (Å²) in [5.41, 5.74) is 1.11. The molecule has 0 saturated carbocycles. The normalized spacial score (nSPS) is 11.4. The first-order valence-electron chi connectivity index (χ1n) is 7.38. The summed E-state index contributed by atoms with van der Waals surface area (Å²) in [6.45, 7) is 6.19. The van der Waals surface area contributed by atoms with Gasteiger partial charge in [-0.15, -0.1) is 11.3 Å². The van der Waals surface area contributed by atoms with E-state index in [2.05, 4.69) is 50.4 Å². The number of aryl methyl sites for hydroxylation is 1. The molecular weight excluding hydrogens is 376 g/mol. The summed E-state index contributed by atoms with van der Waals surface area (Å²) in [4.78, 5) is 10.2. The summed E-state index contributed by atoms with van der Waals surface area (Å²) in [7, 11) is 1.66. The van der Waals surface area contributed by atoms with Crippen LogP contribution in [0.5, 0.6) is 5.75 Å². The van der Waals surface area contributed by atoms with Crippen molar-refractivity contribution in [2.75, 3.05) is 13.7 Å². The van der Waals surface area contributed by atoms with E-state index in [9.17, 15) is 0 Å². The Kier molecular flexibility index (Phi) is 6.85. The van der Waals surface area contributed by atoms with Crippen molar-refractivity contribution >= 4 is 33.2 Å². The lowest BCUT2D eigenvalue weighted by Crippen LogP contribution is -2.36. The molecule has 7 heteroatoms. The molecule has 1 heterocycles. The minimum absolute atomic E-state index is 0.592. The predicted molar refractivity (Wildman–Crippen MR) is 99.2 cm³/mol. The quantitative estimate of drug-likeness (QED) is 0.579. The van der Waals surface area contributed by atoms with E-state index in [0.717, 1.165) is 33.3 Å². The Morgan fingerprint density at radius 2 is 2.22 bits per heavy atom. The van der Waals surface area contributed by atoms with Gasteiger partial charge in [-0.05, 0) is 47.5 Å². The molecular formula is C16H21BrN4OS. The first-order chi connectivity index (χ1) is 11.1. The fraction of sp³-hybridized carbons (Fsp3) is 0.375. The number of hydrogen-bond donors (Lipinski definition) is 2. The summed E-state index contributed by atoms with van der Waals surface area (Å²) in [5.74, 6) is 1.61. The third kappa shape index (κ3) is 5.51. The third-order valence-electron chi connectivity index (χ3n) is 3.06. The molecule has 0 aliphatic rings. The second-order valence-electron chi connectivity index (χ2n) is 4.88. The van der Waals surface area contributed by atoms with Gasteiger partial charge in [0.2, 0.25) is 0 Å². The molecule has 2 aromatic rings. The van der Waals surface area contributed by atoms with Crippen LogP contribution in [-0.4, -0.2) is 24.6 Å². The molecule has 1 aromatic carbocycles. The second-order valence-corrected chi connectivity index (χ2v) is 7.06. The number of thiazole rings is 1. The van der Waals surface area contributed by atoms with E-state index in [-0.39, 0.29) is 0 Å². The molecule has 0 spiro atoms. The monoisotopic (exact) mass is 396 g/mol.